The maximum Gasteiger partial charge on any atom is 0.274 e. The zero-order valence-corrected chi connectivity index (χ0v) is 14.5. The smallest absolute Gasteiger partial charge is 0.274 e. The van der Waals surface area contributed by atoms with Gasteiger partial charge in [-0.3, -0.25) is 9.59 Å². The summed E-state index contributed by atoms with van der Waals surface area (Å²) >= 11 is 5.97. The van der Waals surface area contributed by atoms with Gasteiger partial charge in [-0.2, -0.15) is 0 Å². The van der Waals surface area contributed by atoms with E-state index in [9.17, 15) is 9.59 Å². The molecule has 0 aliphatic carbocycles. The third-order valence-electron chi connectivity index (χ3n) is 3.95. The molecule has 130 valence electrons. The van der Waals surface area contributed by atoms with E-state index in [1.54, 1.807) is 35.2 Å². The highest BCUT2D eigenvalue weighted by Crippen LogP contribution is 2.20. The van der Waals surface area contributed by atoms with Crippen LogP contribution in [0.15, 0.2) is 36.4 Å². The predicted octanol–water partition coefficient (Wildman–Crippen LogP) is 2.77. The van der Waals surface area contributed by atoms with Crippen LogP contribution in [0.2, 0.25) is 5.02 Å². The van der Waals surface area contributed by atoms with Gasteiger partial charge in [-0.1, -0.05) is 23.7 Å². The van der Waals surface area contributed by atoms with Crippen LogP contribution in [0.3, 0.4) is 0 Å². The molecule has 1 aromatic carbocycles. The molecule has 1 saturated heterocycles. The fourth-order valence-corrected chi connectivity index (χ4v) is 2.70. The summed E-state index contributed by atoms with van der Waals surface area (Å²) in [6, 6.07) is 10.1. The number of morpholine rings is 1. The molecule has 2 heterocycles. The third-order valence-corrected chi connectivity index (χ3v) is 4.18. The van der Waals surface area contributed by atoms with Crippen molar-refractivity contribution in [2.24, 2.45) is 0 Å². The molecule has 2 amide bonds. The second kappa shape index (κ2) is 7.63. The van der Waals surface area contributed by atoms with Gasteiger partial charge in [0.05, 0.1) is 13.2 Å². The molecule has 2 aromatic rings. The lowest BCUT2D eigenvalue weighted by atomic mass is 10.2. The number of ether oxygens (including phenoxy) is 1. The third kappa shape index (κ3) is 4.15. The Balaban J connectivity index is 1.77. The molecule has 0 atom stereocenters. The number of nitrogens with zero attached hydrogens (tertiary/aromatic N) is 2. The number of carbonyl (C=O) groups is 2. The second-order valence-corrected chi connectivity index (χ2v) is 6.16. The summed E-state index contributed by atoms with van der Waals surface area (Å²) in [5, 5.41) is 3.31. The number of aromatic nitrogens is 1. The van der Waals surface area contributed by atoms with Crippen molar-refractivity contribution in [3.63, 3.8) is 0 Å². The van der Waals surface area contributed by atoms with Crippen molar-refractivity contribution in [3.05, 3.63) is 58.4 Å². The molecule has 0 saturated carbocycles. The van der Waals surface area contributed by atoms with E-state index in [-0.39, 0.29) is 23.2 Å². The maximum absolute atomic E-state index is 12.5. The molecule has 0 spiro atoms. The number of pyridine rings is 1. The maximum atomic E-state index is 12.5. The monoisotopic (exact) mass is 359 g/mol. The number of amides is 2. The summed E-state index contributed by atoms with van der Waals surface area (Å²) in [6.45, 7) is 3.95. The highest BCUT2D eigenvalue weighted by Gasteiger charge is 2.20. The molecule has 0 bridgehead atoms. The van der Waals surface area contributed by atoms with Gasteiger partial charge in [-0.25, -0.2) is 4.98 Å². The van der Waals surface area contributed by atoms with Gasteiger partial charge in [0, 0.05) is 23.8 Å². The molecule has 6 nitrogen and oxygen atoms in total. The first kappa shape index (κ1) is 17.4. The molecular formula is C18H18ClN3O3. The number of nitrogens with one attached hydrogen (secondary N) is 1. The summed E-state index contributed by atoms with van der Waals surface area (Å²) in [7, 11) is 0. The van der Waals surface area contributed by atoms with Crippen molar-refractivity contribution in [1.82, 2.24) is 9.88 Å². The van der Waals surface area contributed by atoms with Crippen molar-refractivity contribution in [2.45, 2.75) is 6.92 Å². The van der Waals surface area contributed by atoms with E-state index in [1.807, 2.05) is 13.0 Å². The Kier molecular flexibility index (Phi) is 5.31. The van der Waals surface area contributed by atoms with Gasteiger partial charge < -0.3 is 15.0 Å². The highest BCUT2D eigenvalue weighted by molar-refractivity contribution is 6.31. The SMILES string of the molecule is Cc1ccc(Cl)cc1NC(=O)c1cccc(C(=O)N2CCOCC2)n1. The summed E-state index contributed by atoms with van der Waals surface area (Å²) in [6.07, 6.45) is 0. The van der Waals surface area contributed by atoms with E-state index in [0.717, 1.165) is 5.56 Å². The quantitative estimate of drug-likeness (QED) is 0.914. The lowest BCUT2D eigenvalue weighted by molar-refractivity contribution is 0.0299. The van der Waals surface area contributed by atoms with E-state index < -0.39 is 0 Å². The number of halogens is 1. The molecule has 1 aromatic heterocycles. The number of carbonyl (C=O) groups excluding carboxylic acids is 2. The van der Waals surface area contributed by atoms with Crippen LogP contribution in [0.4, 0.5) is 5.69 Å². The van der Waals surface area contributed by atoms with Crippen LogP contribution in [-0.4, -0.2) is 48.0 Å². The highest BCUT2D eigenvalue weighted by atomic mass is 35.5. The van der Waals surface area contributed by atoms with Crippen molar-refractivity contribution in [3.8, 4) is 0 Å². The fraction of sp³-hybridized carbons (Fsp3) is 0.278. The molecule has 7 heteroatoms. The van der Waals surface area contributed by atoms with Crippen LogP contribution in [-0.2, 0) is 4.74 Å². The number of benzene rings is 1. The van der Waals surface area contributed by atoms with E-state index in [2.05, 4.69) is 10.3 Å². The van der Waals surface area contributed by atoms with E-state index in [1.165, 1.54) is 0 Å². The Morgan fingerprint density at radius 3 is 2.64 bits per heavy atom. The van der Waals surface area contributed by atoms with E-state index in [4.69, 9.17) is 16.3 Å². The van der Waals surface area contributed by atoms with Crippen LogP contribution in [0.25, 0.3) is 0 Å². The summed E-state index contributed by atoms with van der Waals surface area (Å²) in [4.78, 5) is 30.9. The van der Waals surface area contributed by atoms with E-state index >= 15 is 0 Å². The predicted molar refractivity (Wildman–Crippen MR) is 95.1 cm³/mol. The van der Waals surface area contributed by atoms with Gasteiger partial charge in [-0.05, 0) is 36.8 Å². The molecule has 0 radical (unpaired) electrons. The number of hydrogen-bond donors (Lipinski definition) is 1. The topological polar surface area (TPSA) is 71.5 Å². The van der Waals surface area contributed by atoms with Crippen molar-refractivity contribution in [2.75, 3.05) is 31.6 Å². The first-order valence-electron chi connectivity index (χ1n) is 7.96. The Bertz CT molecular complexity index is 804. The molecule has 1 fully saturated rings. The largest absolute Gasteiger partial charge is 0.378 e. The first-order valence-corrected chi connectivity index (χ1v) is 8.34. The van der Waals surface area contributed by atoms with Crippen LogP contribution >= 0.6 is 11.6 Å². The number of rotatable bonds is 3. The van der Waals surface area contributed by atoms with Crippen molar-refractivity contribution in [1.29, 1.82) is 0 Å². The summed E-state index contributed by atoms with van der Waals surface area (Å²) < 4.78 is 5.25. The van der Waals surface area contributed by atoms with Gasteiger partial charge in [-0.15, -0.1) is 0 Å². The number of anilines is 1. The molecule has 1 N–H and O–H groups in total. The van der Waals surface area contributed by atoms with Crippen LogP contribution < -0.4 is 5.32 Å². The molecule has 0 unspecified atom stereocenters. The van der Waals surface area contributed by atoms with Gasteiger partial charge >= 0.3 is 0 Å². The summed E-state index contributed by atoms with van der Waals surface area (Å²) in [5.74, 6) is -0.584. The normalized spacial score (nSPS) is 14.2. The molecule has 3 rings (SSSR count). The summed E-state index contributed by atoms with van der Waals surface area (Å²) in [5.41, 5.74) is 1.93. The van der Waals surface area contributed by atoms with E-state index in [0.29, 0.717) is 37.0 Å². The Morgan fingerprint density at radius 2 is 1.88 bits per heavy atom. The van der Waals surface area contributed by atoms with Gasteiger partial charge in [0.1, 0.15) is 11.4 Å². The van der Waals surface area contributed by atoms with Gasteiger partial charge in [0.25, 0.3) is 11.8 Å². The fourth-order valence-electron chi connectivity index (χ4n) is 2.52. The minimum Gasteiger partial charge on any atom is -0.378 e. The standard InChI is InChI=1S/C18H18ClN3O3/c1-12-5-6-13(19)11-16(12)21-17(23)14-3-2-4-15(20-14)18(24)22-7-9-25-10-8-22/h2-6,11H,7-10H2,1H3,(H,21,23). The lowest BCUT2D eigenvalue weighted by Crippen LogP contribution is -2.41. The Hall–Kier alpha value is -2.44. The zero-order chi connectivity index (χ0) is 17.8. The van der Waals surface area contributed by atoms with Gasteiger partial charge in [0.15, 0.2) is 0 Å². The molecule has 25 heavy (non-hydrogen) atoms. The average molecular weight is 360 g/mol. The van der Waals surface area contributed by atoms with Crippen LogP contribution in [0.5, 0.6) is 0 Å². The van der Waals surface area contributed by atoms with Gasteiger partial charge in [0.2, 0.25) is 0 Å². The minimum atomic E-state index is -0.387. The average Bonchev–Trinajstić information content (AvgIpc) is 2.65. The number of hydrogen-bond acceptors (Lipinski definition) is 4. The zero-order valence-electron chi connectivity index (χ0n) is 13.8. The Morgan fingerprint density at radius 1 is 1.16 bits per heavy atom. The molecule has 1 aliphatic heterocycles. The second-order valence-electron chi connectivity index (χ2n) is 5.73. The van der Waals surface area contributed by atoms with Crippen molar-refractivity contribution >= 4 is 29.1 Å². The van der Waals surface area contributed by atoms with Crippen molar-refractivity contribution < 1.29 is 14.3 Å². The molecule has 1 aliphatic rings. The Labute approximate surface area is 150 Å². The number of aryl methyl sites for hydroxylation is 1. The lowest BCUT2D eigenvalue weighted by Gasteiger charge is -2.26. The van der Waals surface area contributed by atoms with Crippen LogP contribution in [0, 0.1) is 6.92 Å². The molecular weight excluding hydrogens is 342 g/mol. The first-order chi connectivity index (χ1) is 12.0. The minimum absolute atomic E-state index is 0.179. The van der Waals surface area contributed by atoms with Crippen LogP contribution in [0.1, 0.15) is 26.5 Å².